The van der Waals surface area contributed by atoms with Crippen LogP contribution in [0.2, 0.25) is 0 Å². The van der Waals surface area contributed by atoms with Crippen molar-refractivity contribution in [3.8, 4) is 23.4 Å². The molecule has 114 valence electrons. The Morgan fingerprint density at radius 2 is 1.46 bits per heavy atom. The number of pyridine rings is 1. The Kier molecular flexibility index (Phi) is 4.23. The molecule has 4 nitrogen and oxygen atoms in total. The van der Waals surface area contributed by atoms with Crippen molar-refractivity contribution in [2.75, 3.05) is 0 Å². The standard InChI is InChI=1S/C20H13N3O/c21-12-16-8-4-5-9-18(16)14-23-19(15-6-2-1-3-7-15)11-10-17(13-22)20(23)24/h1-11H,14H2. The van der Waals surface area contributed by atoms with E-state index in [1.54, 1.807) is 22.8 Å². The maximum atomic E-state index is 12.7. The minimum Gasteiger partial charge on any atom is -0.303 e. The Balaban J connectivity index is 2.21. The number of nitrogens with zero attached hydrogens (tertiary/aromatic N) is 3. The van der Waals surface area contributed by atoms with Gasteiger partial charge in [0.05, 0.1) is 23.9 Å². The lowest BCUT2D eigenvalue weighted by Gasteiger charge is -2.14. The summed E-state index contributed by atoms with van der Waals surface area (Å²) in [6.45, 7) is 0.238. The second-order valence-corrected chi connectivity index (χ2v) is 5.27. The summed E-state index contributed by atoms with van der Waals surface area (Å²) >= 11 is 0. The summed E-state index contributed by atoms with van der Waals surface area (Å²) in [6.07, 6.45) is 0. The zero-order valence-corrected chi connectivity index (χ0v) is 12.8. The molecule has 3 rings (SSSR count). The van der Waals surface area contributed by atoms with E-state index in [2.05, 4.69) is 6.07 Å². The van der Waals surface area contributed by atoms with Gasteiger partial charge in [0.15, 0.2) is 0 Å². The van der Waals surface area contributed by atoms with E-state index >= 15 is 0 Å². The van der Waals surface area contributed by atoms with E-state index < -0.39 is 0 Å². The normalized spacial score (nSPS) is 9.92. The Bertz CT molecular complexity index is 1020. The molecule has 0 aliphatic rings. The summed E-state index contributed by atoms with van der Waals surface area (Å²) in [5.74, 6) is 0. The highest BCUT2D eigenvalue weighted by Crippen LogP contribution is 2.20. The minimum atomic E-state index is -0.355. The first-order chi connectivity index (χ1) is 11.7. The molecule has 4 heteroatoms. The first kappa shape index (κ1) is 15.3. The molecule has 1 aromatic heterocycles. The van der Waals surface area contributed by atoms with Gasteiger partial charge in [-0.2, -0.15) is 10.5 Å². The molecule has 0 spiro atoms. The quantitative estimate of drug-likeness (QED) is 0.745. The van der Waals surface area contributed by atoms with Crippen LogP contribution < -0.4 is 5.56 Å². The predicted octanol–water partition coefficient (Wildman–Crippen LogP) is 3.31. The first-order valence-corrected chi connectivity index (χ1v) is 7.42. The lowest BCUT2D eigenvalue weighted by Crippen LogP contribution is -2.24. The number of hydrogen-bond acceptors (Lipinski definition) is 3. The van der Waals surface area contributed by atoms with Crippen LogP contribution in [0.3, 0.4) is 0 Å². The highest BCUT2D eigenvalue weighted by molar-refractivity contribution is 5.60. The molecule has 0 unspecified atom stereocenters. The zero-order valence-electron chi connectivity index (χ0n) is 12.8. The Labute approximate surface area is 139 Å². The molecule has 0 bridgehead atoms. The van der Waals surface area contributed by atoms with Crippen molar-refractivity contribution < 1.29 is 0 Å². The number of aromatic nitrogens is 1. The van der Waals surface area contributed by atoms with Crippen molar-refractivity contribution in [3.05, 3.63) is 93.8 Å². The van der Waals surface area contributed by atoms with E-state index in [4.69, 9.17) is 5.26 Å². The summed E-state index contributed by atoms with van der Waals surface area (Å²) < 4.78 is 1.55. The van der Waals surface area contributed by atoms with Gasteiger partial charge in [-0.05, 0) is 29.3 Å². The van der Waals surface area contributed by atoms with Gasteiger partial charge < -0.3 is 4.57 Å². The minimum absolute atomic E-state index is 0.0871. The fraction of sp³-hybridized carbons (Fsp3) is 0.0500. The molecular formula is C20H13N3O. The van der Waals surface area contributed by atoms with Gasteiger partial charge in [0.25, 0.3) is 5.56 Å². The van der Waals surface area contributed by atoms with Gasteiger partial charge >= 0.3 is 0 Å². The summed E-state index contributed by atoms with van der Waals surface area (Å²) in [6, 6.07) is 24.0. The van der Waals surface area contributed by atoms with E-state index in [1.807, 2.05) is 48.5 Å². The Hall–Kier alpha value is -3.63. The summed E-state index contributed by atoms with van der Waals surface area (Å²) in [4.78, 5) is 12.7. The molecule has 0 saturated heterocycles. The third kappa shape index (κ3) is 2.82. The SMILES string of the molecule is N#Cc1ccccc1Cn1c(-c2ccccc2)ccc(C#N)c1=O. The molecule has 0 aliphatic heterocycles. The molecule has 0 fully saturated rings. The molecule has 24 heavy (non-hydrogen) atoms. The summed E-state index contributed by atoms with van der Waals surface area (Å²) in [7, 11) is 0. The topological polar surface area (TPSA) is 69.6 Å². The van der Waals surface area contributed by atoms with Crippen LogP contribution in [0.25, 0.3) is 11.3 Å². The third-order valence-corrected chi connectivity index (χ3v) is 3.83. The molecule has 0 amide bonds. The van der Waals surface area contributed by atoms with Crippen LogP contribution in [0, 0.1) is 22.7 Å². The van der Waals surface area contributed by atoms with E-state index in [9.17, 15) is 10.1 Å². The summed E-state index contributed by atoms with van der Waals surface area (Å²) in [5, 5.41) is 18.4. The maximum absolute atomic E-state index is 12.7. The second kappa shape index (κ2) is 6.64. The molecule has 1 heterocycles. The molecule has 2 aromatic carbocycles. The van der Waals surface area contributed by atoms with Crippen molar-refractivity contribution in [1.29, 1.82) is 10.5 Å². The third-order valence-electron chi connectivity index (χ3n) is 3.83. The van der Waals surface area contributed by atoms with E-state index in [0.29, 0.717) is 11.3 Å². The zero-order chi connectivity index (χ0) is 16.9. The number of hydrogen-bond donors (Lipinski definition) is 0. The molecule has 3 aromatic rings. The summed E-state index contributed by atoms with van der Waals surface area (Å²) in [5.41, 5.74) is 2.59. The molecular weight excluding hydrogens is 298 g/mol. The van der Waals surface area contributed by atoms with Crippen LogP contribution in [-0.4, -0.2) is 4.57 Å². The average Bonchev–Trinajstić information content (AvgIpc) is 2.64. The fourth-order valence-electron chi connectivity index (χ4n) is 2.62. The van der Waals surface area contributed by atoms with Crippen molar-refractivity contribution in [1.82, 2.24) is 4.57 Å². The van der Waals surface area contributed by atoms with Gasteiger partial charge in [0.2, 0.25) is 0 Å². The van der Waals surface area contributed by atoms with Crippen molar-refractivity contribution in [2.24, 2.45) is 0 Å². The number of nitriles is 2. The molecule has 0 atom stereocenters. The van der Waals surface area contributed by atoms with Gasteiger partial charge in [-0.25, -0.2) is 0 Å². The Morgan fingerprint density at radius 3 is 2.17 bits per heavy atom. The van der Waals surface area contributed by atoms with E-state index in [1.165, 1.54) is 6.07 Å². The van der Waals surface area contributed by atoms with E-state index in [0.717, 1.165) is 11.1 Å². The van der Waals surface area contributed by atoms with Crippen molar-refractivity contribution >= 4 is 0 Å². The first-order valence-electron chi connectivity index (χ1n) is 7.42. The highest BCUT2D eigenvalue weighted by atomic mass is 16.1. The Morgan fingerprint density at radius 1 is 0.792 bits per heavy atom. The lowest BCUT2D eigenvalue weighted by atomic mass is 10.1. The largest absolute Gasteiger partial charge is 0.303 e. The van der Waals surface area contributed by atoms with Gasteiger partial charge in [-0.3, -0.25) is 4.79 Å². The highest BCUT2D eigenvalue weighted by Gasteiger charge is 2.12. The van der Waals surface area contributed by atoms with Crippen LogP contribution in [0.5, 0.6) is 0 Å². The van der Waals surface area contributed by atoms with Crippen LogP contribution in [0.4, 0.5) is 0 Å². The molecule has 0 aliphatic carbocycles. The van der Waals surface area contributed by atoms with Gasteiger partial charge in [-0.15, -0.1) is 0 Å². The van der Waals surface area contributed by atoms with Crippen LogP contribution in [0.15, 0.2) is 71.5 Å². The fourth-order valence-corrected chi connectivity index (χ4v) is 2.62. The van der Waals surface area contributed by atoms with E-state index in [-0.39, 0.29) is 17.7 Å². The smallest absolute Gasteiger partial charge is 0.269 e. The monoisotopic (exact) mass is 311 g/mol. The van der Waals surface area contributed by atoms with Crippen LogP contribution in [0.1, 0.15) is 16.7 Å². The molecule has 0 radical (unpaired) electrons. The van der Waals surface area contributed by atoms with Crippen LogP contribution in [-0.2, 0) is 6.54 Å². The second-order valence-electron chi connectivity index (χ2n) is 5.27. The lowest BCUT2D eigenvalue weighted by molar-refractivity contribution is 0.764. The molecule has 0 saturated carbocycles. The average molecular weight is 311 g/mol. The van der Waals surface area contributed by atoms with Gasteiger partial charge in [0, 0.05) is 0 Å². The van der Waals surface area contributed by atoms with Gasteiger partial charge in [-0.1, -0.05) is 48.5 Å². The maximum Gasteiger partial charge on any atom is 0.269 e. The van der Waals surface area contributed by atoms with Gasteiger partial charge in [0.1, 0.15) is 11.6 Å². The van der Waals surface area contributed by atoms with Crippen LogP contribution >= 0.6 is 0 Å². The number of benzene rings is 2. The van der Waals surface area contributed by atoms with Crippen molar-refractivity contribution in [2.45, 2.75) is 6.54 Å². The predicted molar refractivity (Wildman–Crippen MR) is 91.1 cm³/mol. The number of rotatable bonds is 3. The molecule has 0 N–H and O–H groups in total. The van der Waals surface area contributed by atoms with Crippen molar-refractivity contribution in [3.63, 3.8) is 0 Å².